The number of rotatable bonds is 1. The molecular weight excluding hydrogens is 312 g/mol. The van der Waals surface area contributed by atoms with Gasteiger partial charge in [0.2, 0.25) is 5.91 Å². The fourth-order valence-corrected chi connectivity index (χ4v) is 3.10. The molecule has 1 aromatic heterocycles. The number of hydrogen-bond donors (Lipinski definition) is 1. The van der Waals surface area contributed by atoms with Crippen LogP contribution in [0.5, 0.6) is 0 Å². The molecule has 0 radical (unpaired) electrons. The number of nitrogens with zero attached hydrogens (tertiary/aromatic N) is 4. The molecule has 1 saturated heterocycles. The fourth-order valence-electron chi connectivity index (χ4n) is 3.10. The van der Waals surface area contributed by atoms with Crippen LogP contribution in [0.1, 0.15) is 39.8 Å². The summed E-state index contributed by atoms with van der Waals surface area (Å²) in [6, 6.07) is -0.0556. The smallest absolute Gasteiger partial charge is 0.410 e. The summed E-state index contributed by atoms with van der Waals surface area (Å²) in [6.07, 6.45) is 0.728. The Morgan fingerprint density at radius 3 is 2.67 bits per heavy atom. The zero-order chi connectivity index (χ0) is 17.6. The van der Waals surface area contributed by atoms with E-state index in [0.717, 1.165) is 5.69 Å². The molecule has 24 heavy (non-hydrogen) atoms. The van der Waals surface area contributed by atoms with E-state index in [1.807, 2.05) is 32.4 Å². The van der Waals surface area contributed by atoms with Gasteiger partial charge in [-0.15, -0.1) is 0 Å². The van der Waals surface area contributed by atoms with Gasteiger partial charge in [-0.25, -0.2) is 4.79 Å². The van der Waals surface area contributed by atoms with Crippen molar-refractivity contribution in [3.8, 4) is 0 Å². The molecule has 1 aromatic rings. The van der Waals surface area contributed by atoms with E-state index in [0.29, 0.717) is 18.8 Å². The lowest BCUT2D eigenvalue weighted by atomic mass is 10.2. The zero-order valence-electron chi connectivity index (χ0n) is 14.5. The quantitative estimate of drug-likeness (QED) is 0.830. The van der Waals surface area contributed by atoms with E-state index in [-0.39, 0.29) is 31.0 Å². The number of hydrogen-bond acceptors (Lipinski definition) is 5. The minimum atomic E-state index is -0.655. The van der Waals surface area contributed by atoms with E-state index in [1.54, 1.807) is 16.0 Å². The van der Waals surface area contributed by atoms with E-state index in [1.165, 1.54) is 0 Å². The molecule has 3 rings (SSSR count). The largest absolute Gasteiger partial charge is 0.444 e. The number of aliphatic hydroxyl groups is 1. The lowest BCUT2D eigenvalue weighted by Gasteiger charge is -2.36. The highest BCUT2D eigenvalue weighted by Crippen LogP contribution is 2.30. The van der Waals surface area contributed by atoms with Gasteiger partial charge in [-0.2, -0.15) is 5.10 Å². The van der Waals surface area contributed by atoms with Crippen LogP contribution in [0.3, 0.4) is 0 Å². The highest BCUT2D eigenvalue weighted by Gasteiger charge is 2.36. The lowest BCUT2D eigenvalue weighted by Crippen LogP contribution is -2.47. The molecule has 1 N–H and O–H groups in total. The number of carbonyl (C=O) groups excluding carboxylic acids is 2. The first-order chi connectivity index (χ1) is 11.2. The van der Waals surface area contributed by atoms with Crippen LogP contribution in [0.2, 0.25) is 0 Å². The molecule has 8 nitrogen and oxygen atoms in total. The number of ether oxygens (including phenoxy) is 1. The van der Waals surface area contributed by atoms with Gasteiger partial charge in [0.15, 0.2) is 0 Å². The van der Waals surface area contributed by atoms with E-state index >= 15 is 0 Å². The monoisotopic (exact) mass is 336 g/mol. The van der Waals surface area contributed by atoms with Crippen molar-refractivity contribution in [3.05, 3.63) is 11.9 Å². The van der Waals surface area contributed by atoms with Crippen LogP contribution in [0, 0.1) is 0 Å². The topological polar surface area (TPSA) is 87.9 Å². The molecule has 2 atom stereocenters. The van der Waals surface area contributed by atoms with Crippen molar-refractivity contribution in [3.63, 3.8) is 0 Å². The predicted octanol–water partition coefficient (Wildman–Crippen LogP) is 1.12. The van der Waals surface area contributed by atoms with Crippen LogP contribution < -0.4 is 4.90 Å². The van der Waals surface area contributed by atoms with Crippen molar-refractivity contribution >= 4 is 17.7 Å². The SMILES string of the molecule is CC1Cn2ncc(N3C[C@@H](O)CC3=O)c2CN1C(=O)OC(C)(C)C. The van der Waals surface area contributed by atoms with Crippen LogP contribution in [-0.4, -0.2) is 56.1 Å². The molecule has 132 valence electrons. The van der Waals surface area contributed by atoms with Gasteiger partial charge >= 0.3 is 6.09 Å². The fraction of sp³-hybridized carbons (Fsp3) is 0.688. The molecule has 0 aromatic carbocycles. The van der Waals surface area contributed by atoms with Crippen LogP contribution in [-0.2, 0) is 22.6 Å². The Kier molecular flexibility index (Phi) is 4.03. The third kappa shape index (κ3) is 3.10. The van der Waals surface area contributed by atoms with Crippen molar-refractivity contribution in [2.45, 2.75) is 65.0 Å². The second kappa shape index (κ2) is 5.77. The Bertz CT molecular complexity index is 664. The van der Waals surface area contributed by atoms with E-state index < -0.39 is 11.7 Å². The maximum absolute atomic E-state index is 12.5. The molecule has 2 aliphatic heterocycles. The first-order valence-electron chi connectivity index (χ1n) is 8.18. The molecule has 0 saturated carbocycles. The van der Waals surface area contributed by atoms with Crippen molar-refractivity contribution in [1.82, 2.24) is 14.7 Å². The molecule has 0 bridgehead atoms. The highest BCUT2D eigenvalue weighted by atomic mass is 16.6. The number of aliphatic hydroxyl groups excluding tert-OH is 1. The Labute approximate surface area is 141 Å². The van der Waals surface area contributed by atoms with E-state index in [9.17, 15) is 14.7 Å². The van der Waals surface area contributed by atoms with E-state index in [4.69, 9.17) is 4.74 Å². The lowest BCUT2D eigenvalue weighted by molar-refractivity contribution is -0.117. The summed E-state index contributed by atoms with van der Waals surface area (Å²) in [7, 11) is 0. The Morgan fingerprint density at radius 2 is 2.08 bits per heavy atom. The average molecular weight is 336 g/mol. The molecule has 8 heteroatoms. The van der Waals surface area contributed by atoms with Crippen molar-refractivity contribution < 1.29 is 19.4 Å². The van der Waals surface area contributed by atoms with Crippen molar-refractivity contribution in [1.29, 1.82) is 0 Å². The van der Waals surface area contributed by atoms with Gasteiger partial charge in [-0.05, 0) is 27.7 Å². The number of anilines is 1. The molecule has 1 fully saturated rings. The van der Waals surface area contributed by atoms with Crippen LogP contribution in [0.25, 0.3) is 0 Å². The molecule has 0 spiro atoms. The summed E-state index contributed by atoms with van der Waals surface area (Å²) >= 11 is 0. The van der Waals surface area contributed by atoms with Crippen LogP contribution in [0.4, 0.5) is 10.5 Å². The van der Waals surface area contributed by atoms with Gasteiger partial charge in [-0.3, -0.25) is 14.4 Å². The Hall–Kier alpha value is -2.09. The summed E-state index contributed by atoms with van der Waals surface area (Å²) in [5.74, 6) is -0.124. The molecule has 2 amide bonds. The molecule has 3 heterocycles. The van der Waals surface area contributed by atoms with Crippen molar-refractivity contribution in [2.75, 3.05) is 11.4 Å². The second-order valence-electron chi connectivity index (χ2n) is 7.48. The maximum atomic E-state index is 12.5. The van der Waals surface area contributed by atoms with Crippen molar-refractivity contribution in [2.24, 2.45) is 0 Å². The summed E-state index contributed by atoms with van der Waals surface area (Å²) in [4.78, 5) is 27.7. The highest BCUT2D eigenvalue weighted by molar-refractivity contribution is 5.96. The standard InChI is InChI=1S/C16H24N4O4/c1-10-7-20-13(9-18(10)15(23)24-16(2,3)4)12(6-17-20)19-8-11(21)5-14(19)22/h6,10-11,21H,5,7-9H2,1-4H3/t10?,11-/m0/s1. The first-order valence-corrected chi connectivity index (χ1v) is 8.18. The number of amides is 2. The van der Waals surface area contributed by atoms with Gasteiger partial charge in [0, 0.05) is 0 Å². The maximum Gasteiger partial charge on any atom is 0.410 e. The summed E-state index contributed by atoms with van der Waals surface area (Å²) < 4.78 is 7.30. The van der Waals surface area contributed by atoms with Gasteiger partial charge in [-0.1, -0.05) is 0 Å². The summed E-state index contributed by atoms with van der Waals surface area (Å²) in [5, 5.41) is 14.1. The molecular formula is C16H24N4O4. The Balaban J connectivity index is 1.84. The van der Waals surface area contributed by atoms with Gasteiger partial charge in [0.1, 0.15) is 5.60 Å². The summed E-state index contributed by atoms with van der Waals surface area (Å²) in [6.45, 7) is 8.57. The number of fused-ring (bicyclic) bond motifs is 1. The third-order valence-electron chi connectivity index (χ3n) is 4.24. The molecule has 2 aliphatic rings. The van der Waals surface area contributed by atoms with Gasteiger partial charge < -0.3 is 14.7 Å². The second-order valence-corrected chi connectivity index (χ2v) is 7.48. The number of aromatic nitrogens is 2. The molecule has 1 unspecified atom stereocenters. The van der Waals surface area contributed by atoms with E-state index in [2.05, 4.69) is 5.10 Å². The summed E-state index contributed by atoms with van der Waals surface area (Å²) in [5.41, 5.74) is 0.894. The van der Waals surface area contributed by atoms with Crippen LogP contribution >= 0.6 is 0 Å². The average Bonchev–Trinajstić information content (AvgIpc) is 2.98. The Morgan fingerprint density at radius 1 is 1.38 bits per heavy atom. The third-order valence-corrected chi connectivity index (χ3v) is 4.24. The minimum Gasteiger partial charge on any atom is -0.444 e. The normalized spacial score (nSPS) is 24.3. The molecule has 0 aliphatic carbocycles. The van der Waals surface area contributed by atoms with Crippen LogP contribution in [0.15, 0.2) is 6.20 Å². The number of β-amino-alcohol motifs (C(OH)–C–C–N with tert-alkyl or cyclic N) is 1. The van der Waals surface area contributed by atoms with Gasteiger partial charge in [0.25, 0.3) is 0 Å². The minimum absolute atomic E-state index is 0.0556. The first kappa shape index (κ1) is 16.8. The number of carbonyl (C=O) groups is 2. The van der Waals surface area contributed by atoms with Gasteiger partial charge in [0.05, 0.1) is 55.8 Å². The predicted molar refractivity (Wildman–Crippen MR) is 86.4 cm³/mol. The zero-order valence-corrected chi connectivity index (χ0v) is 14.5.